The Kier molecular flexibility index (Phi) is 8.52. The van der Waals surface area contributed by atoms with Crippen molar-refractivity contribution in [2.75, 3.05) is 59.5 Å². The van der Waals surface area contributed by atoms with Gasteiger partial charge in [0, 0.05) is 56.1 Å². The minimum Gasteiger partial charge on any atom is -0.493 e. The molecule has 0 spiro atoms. The van der Waals surface area contributed by atoms with Crippen LogP contribution in [0.4, 0.5) is 0 Å². The molecule has 188 valence electrons. The molecule has 35 heavy (non-hydrogen) atoms. The maximum absolute atomic E-state index is 13.2. The Morgan fingerprint density at radius 2 is 1.40 bits per heavy atom. The summed E-state index contributed by atoms with van der Waals surface area (Å²) in [7, 11) is 2.08. The van der Waals surface area contributed by atoms with Crippen molar-refractivity contribution in [3.8, 4) is 11.5 Å². The number of amides is 2. The second kappa shape index (κ2) is 11.8. The normalized spacial score (nSPS) is 18.2. The quantitative estimate of drug-likeness (QED) is 0.555. The fourth-order valence-corrected chi connectivity index (χ4v) is 4.74. The van der Waals surface area contributed by atoms with Crippen molar-refractivity contribution in [3.05, 3.63) is 59.6 Å². The number of para-hydroxylation sites is 1. The summed E-state index contributed by atoms with van der Waals surface area (Å²) in [5, 5.41) is 0.625. The second-order valence-corrected chi connectivity index (χ2v) is 10.0. The number of halogens is 1. The summed E-state index contributed by atoms with van der Waals surface area (Å²) in [5.74, 6) is 1.54. The zero-order chi connectivity index (χ0) is 24.7. The first-order valence-corrected chi connectivity index (χ1v) is 12.6. The lowest BCUT2D eigenvalue weighted by Crippen LogP contribution is -2.51. The maximum atomic E-state index is 13.2. The highest BCUT2D eigenvalue weighted by Gasteiger charge is 2.40. The molecular formula is C27H34ClN3O4. The summed E-state index contributed by atoms with van der Waals surface area (Å²) in [6, 6.07) is 16.7. The molecule has 2 aliphatic heterocycles. The molecule has 0 aliphatic carbocycles. The van der Waals surface area contributed by atoms with Crippen molar-refractivity contribution in [2.24, 2.45) is 5.41 Å². The summed E-state index contributed by atoms with van der Waals surface area (Å²) >= 11 is 5.91. The van der Waals surface area contributed by atoms with Crippen LogP contribution in [0.2, 0.25) is 5.02 Å². The van der Waals surface area contributed by atoms with Crippen molar-refractivity contribution in [3.63, 3.8) is 0 Å². The minimum absolute atomic E-state index is 0.0185. The maximum Gasteiger partial charge on any atom is 0.260 e. The van der Waals surface area contributed by atoms with Gasteiger partial charge in [-0.3, -0.25) is 9.59 Å². The summed E-state index contributed by atoms with van der Waals surface area (Å²) < 4.78 is 11.8. The zero-order valence-electron chi connectivity index (χ0n) is 20.3. The topological polar surface area (TPSA) is 62.3 Å². The van der Waals surface area contributed by atoms with Crippen molar-refractivity contribution in [1.29, 1.82) is 0 Å². The molecular weight excluding hydrogens is 466 g/mol. The van der Waals surface area contributed by atoms with E-state index in [9.17, 15) is 9.59 Å². The van der Waals surface area contributed by atoms with Gasteiger partial charge in [-0.2, -0.15) is 0 Å². The third-order valence-electron chi connectivity index (χ3n) is 7.02. The van der Waals surface area contributed by atoms with E-state index in [0.717, 1.165) is 31.9 Å². The van der Waals surface area contributed by atoms with Crippen LogP contribution in [0.15, 0.2) is 54.6 Å². The molecule has 0 aromatic heterocycles. The Hall–Kier alpha value is -2.77. The van der Waals surface area contributed by atoms with E-state index in [-0.39, 0.29) is 23.8 Å². The molecule has 2 amide bonds. The second-order valence-electron chi connectivity index (χ2n) is 9.59. The van der Waals surface area contributed by atoms with Crippen LogP contribution in [-0.4, -0.2) is 86.0 Å². The minimum atomic E-state index is -0.301. The first kappa shape index (κ1) is 25.3. The zero-order valence-corrected chi connectivity index (χ0v) is 21.1. The van der Waals surface area contributed by atoms with Gasteiger partial charge in [-0.05, 0) is 56.3 Å². The number of nitrogens with zero attached hydrogens (tertiary/aromatic N) is 3. The average Bonchev–Trinajstić information content (AvgIpc) is 2.88. The smallest absolute Gasteiger partial charge is 0.260 e. The van der Waals surface area contributed by atoms with Gasteiger partial charge in [0.2, 0.25) is 5.91 Å². The predicted molar refractivity (Wildman–Crippen MR) is 136 cm³/mol. The van der Waals surface area contributed by atoms with Crippen LogP contribution in [-0.2, 0) is 9.59 Å². The Morgan fingerprint density at radius 3 is 2.06 bits per heavy atom. The lowest BCUT2D eigenvalue weighted by molar-refractivity contribution is -0.140. The summed E-state index contributed by atoms with van der Waals surface area (Å²) in [6.07, 6.45) is 1.87. The number of rotatable bonds is 8. The number of piperidine rings is 1. The first-order valence-electron chi connectivity index (χ1n) is 12.2. The van der Waals surface area contributed by atoms with Gasteiger partial charge in [-0.1, -0.05) is 29.8 Å². The number of likely N-dealkylation sites (tertiary alicyclic amines) is 1. The van der Waals surface area contributed by atoms with Gasteiger partial charge in [0.15, 0.2) is 6.61 Å². The lowest BCUT2D eigenvalue weighted by atomic mass is 9.75. The number of benzene rings is 2. The largest absolute Gasteiger partial charge is 0.493 e. The van der Waals surface area contributed by atoms with Gasteiger partial charge >= 0.3 is 0 Å². The van der Waals surface area contributed by atoms with E-state index >= 15 is 0 Å². The van der Waals surface area contributed by atoms with Crippen LogP contribution in [0.3, 0.4) is 0 Å². The average molecular weight is 500 g/mol. The Labute approximate surface area is 212 Å². The molecule has 2 saturated heterocycles. The Morgan fingerprint density at radius 1 is 0.800 bits per heavy atom. The van der Waals surface area contributed by atoms with Crippen LogP contribution in [0.25, 0.3) is 0 Å². The SMILES string of the molecule is CN1CCN(C(=O)CC2(COc3ccccc3)CCN(C(=O)COc3ccc(Cl)cc3)CC2)CC1. The van der Waals surface area contributed by atoms with Gasteiger partial charge in [-0.15, -0.1) is 0 Å². The molecule has 2 aromatic carbocycles. The molecule has 2 heterocycles. The molecule has 0 unspecified atom stereocenters. The van der Waals surface area contributed by atoms with Crippen LogP contribution < -0.4 is 9.47 Å². The molecule has 0 bridgehead atoms. The third-order valence-corrected chi connectivity index (χ3v) is 7.28. The lowest BCUT2D eigenvalue weighted by Gasteiger charge is -2.42. The molecule has 2 aliphatic rings. The van der Waals surface area contributed by atoms with Gasteiger partial charge in [0.05, 0.1) is 6.61 Å². The van der Waals surface area contributed by atoms with E-state index < -0.39 is 0 Å². The molecule has 7 nitrogen and oxygen atoms in total. The fraction of sp³-hybridized carbons (Fsp3) is 0.481. The molecule has 8 heteroatoms. The van der Waals surface area contributed by atoms with Crippen molar-refractivity contribution in [1.82, 2.24) is 14.7 Å². The number of carbonyl (C=O) groups excluding carboxylic acids is 2. The molecule has 4 rings (SSSR count). The van der Waals surface area contributed by atoms with Crippen molar-refractivity contribution < 1.29 is 19.1 Å². The van der Waals surface area contributed by atoms with E-state index in [1.165, 1.54) is 0 Å². The van der Waals surface area contributed by atoms with Gasteiger partial charge in [-0.25, -0.2) is 0 Å². The highest BCUT2D eigenvalue weighted by Crippen LogP contribution is 2.37. The molecule has 2 fully saturated rings. The number of piperazine rings is 1. The van der Waals surface area contributed by atoms with Crippen molar-refractivity contribution in [2.45, 2.75) is 19.3 Å². The molecule has 0 radical (unpaired) electrons. The summed E-state index contributed by atoms with van der Waals surface area (Å²) in [5.41, 5.74) is -0.301. The van der Waals surface area contributed by atoms with Crippen LogP contribution >= 0.6 is 11.6 Å². The number of hydrogen-bond donors (Lipinski definition) is 0. The number of likely N-dealkylation sites (N-methyl/N-ethyl adjacent to an activating group) is 1. The highest BCUT2D eigenvalue weighted by atomic mass is 35.5. The van der Waals surface area contributed by atoms with Crippen LogP contribution in [0.1, 0.15) is 19.3 Å². The Balaban J connectivity index is 1.35. The van der Waals surface area contributed by atoms with E-state index in [1.807, 2.05) is 40.1 Å². The van der Waals surface area contributed by atoms with E-state index in [2.05, 4.69) is 11.9 Å². The number of carbonyl (C=O) groups is 2. The standard InChI is InChI=1S/C27H34ClN3O4/c1-29-15-17-31(18-16-29)25(32)19-27(21-35-23-5-3-2-4-6-23)11-13-30(14-12-27)26(33)20-34-24-9-7-22(28)8-10-24/h2-10H,11-21H2,1H3. The third kappa shape index (κ3) is 7.12. The molecule has 0 atom stereocenters. The number of ether oxygens (including phenoxy) is 2. The fourth-order valence-electron chi connectivity index (χ4n) is 4.61. The Bertz CT molecular complexity index is 970. The molecule has 0 saturated carbocycles. The van der Waals surface area contributed by atoms with E-state index in [1.54, 1.807) is 24.3 Å². The van der Waals surface area contributed by atoms with E-state index in [4.69, 9.17) is 21.1 Å². The summed E-state index contributed by atoms with van der Waals surface area (Å²) in [4.78, 5) is 32.1. The van der Waals surface area contributed by atoms with Gasteiger partial charge in [0.25, 0.3) is 5.91 Å². The van der Waals surface area contributed by atoms with E-state index in [0.29, 0.717) is 49.7 Å². The molecule has 0 N–H and O–H groups in total. The van der Waals surface area contributed by atoms with Gasteiger partial charge in [0.1, 0.15) is 11.5 Å². The molecule has 2 aromatic rings. The van der Waals surface area contributed by atoms with Crippen LogP contribution in [0.5, 0.6) is 11.5 Å². The first-order chi connectivity index (χ1) is 16.9. The highest BCUT2D eigenvalue weighted by molar-refractivity contribution is 6.30. The van der Waals surface area contributed by atoms with Gasteiger partial charge < -0.3 is 24.2 Å². The summed E-state index contributed by atoms with van der Waals surface area (Å²) in [6.45, 7) is 4.92. The van der Waals surface area contributed by atoms with Crippen molar-refractivity contribution >= 4 is 23.4 Å². The monoisotopic (exact) mass is 499 g/mol. The predicted octanol–water partition coefficient (Wildman–Crippen LogP) is 3.57. The number of hydrogen-bond acceptors (Lipinski definition) is 5. The van der Waals surface area contributed by atoms with Crippen LogP contribution in [0, 0.1) is 5.41 Å².